The van der Waals surface area contributed by atoms with Crippen molar-refractivity contribution in [1.29, 1.82) is 0 Å². The third kappa shape index (κ3) is 3.09. The van der Waals surface area contributed by atoms with Crippen LogP contribution in [0.25, 0.3) is 0 Å². The van der Waals surface area contributed by atoms with Crippen LogP contribution in [0.15, 0.2) is 24.3 Å². The number of benzene rings is 1. The largest absolute Gasteiger partial charge is 0.348 e. The van der Waals surface area contributed by atoms with Crippen LogP contribution in [0.3, 0.4) is 0 Å². The standard InChI is InChI=1S/C11H10F2N2O3/c1-6(2)5-14-11(16)7-3-10(15(17)18)9(13)4-8(7)12/h3-4H,1,5H2,2H3,(H,14,16). The summed E-state index contributed by atoms with van der Waals surface area (Å²) >= 11 is 0. The van der Waals surface area contributed by atoms with Crippen molar-refractivity contribution in [3.63, 3.8) is 0 Å². The van der Waals surface area contributed by atoms with Gasteiger partial charge in [-0.3, -0.25) is 14.9 Å². The lowest BCUT2D eigenvalue weighted by atomic mass is 10.1. The molecule has 0 fully saturated rings. The molecule has 0 radical (unpaired) electrons. The molecule has 0 aliphatic rings. The van der Waals surface area contributed by atoms with E-state index >= 15 is 0 Å². The Kier molecular flexibility index (Phi) is 4.09. The number of halogens is 2. The zero-order valence-corrected chi connectivity index (χ0v) is 9.50. The van der Waals surface area contributed by atoms with Gasteiger partial charge in [0.1, 0.15) is 5.82 Å². The van der Waals surface area contributed by atoms with E-state index in [9.17, 15) is 23.7 Å². The number of nitro groups is 1. The minimum Gasteiger partial charge on any atom is -0.348 e. The van der Waals surface area contributed by atoms with Gasteiger partial charge >= 0.3 is 5.69 Å². The van der Waals surface area contributed by atoms with Crippen molar-refractivity contribution in [3.05, 3.63) is 51.6 Å². The van der Waals surface area contributed by atoms with E-state index in [0.29, 0.717) is 17.7 Å². The number of carbonyl (C=O) groups is 1. The number of hydrogen-bond acceptors (Lipinski definition) is 3. The topological polar surface area (TPSA) is 72.2 Å². The van der Waals surface area contributed by atoms with E-state index in [4.69, 9.17) is 0 Å². The van der Waals surface area contributed by atoms with Gasteiger partial charge in [0.05, 0.1) is 10.5 Å². The first-order valence-electron chi connectivity index (χ1n) is 4.89. The average molecular weight is 256 g/mol. The second-order valence-electron chi connectivity index (χ2n) is 3.68. The Hall–Kier alpha value is -2.31. The van der Waals surface area contributed by atoms with Crippen LogP contribution in [-0.4, -0.2) is 17.4 Å². The molecule has 0 unspecified atom stereocenters. The Morgan fingerprint density at radius 1 is 1.44 bits per heavy atom. The first-order valence-corrected chi connectivity index (χ1v) is 4.89. The third-order valence-corrected chi connectivity index (χ3v) is 2.03. The minimum absolute atomic E-state index is 0.101. The van der Waals surface area contributed by atoms with Crippen LogP contribution < -0.4 is 5.32 Å². The van der Waals surface area contributed by atoms with E-state index in [1.807, 2.05) is 0 Å². The van der Waals surface area contributed by atoms with E-state index in [2.05, 4.69) is 11.9 Å². The molecule has 0 saturated carbocycles. The van der Waals surface area contributed by atoms with Crippen molar-refractivity contribution in [2.45, 2.75) is 6.92 Å². The Bertz CT molecular complexity index is 529. The maximum Gasteiger partial charge on any atom is 0.305 e. The van der Waals surface area contributed by atoms with Gasteiger partial charge in [-0.1, -0.05) is 12.2 Å². The average Bonchev–Trinajstić information content (AvgIpc) is 2.25. The van der Waals surface area contributed by atoms with Crippen LogP contribution in [0, 0.1) is 21.7 Å². The third-order valence-electron chi connectivity index (χ3n) is 2.03. The highest BCUT2D eigenvalue weighted by molar-refractivity contribution is 5.95. The summed E-state index contributed by atoms with van der Waals surface area (Å²) in [5.41, 5.74) is -0.901. The molecule has 0 aliphatic heterocycles. The maximum atomic E-state index is 13.3. The van der Waals surface area contributed by atoms with Crippen LogP contribution in [0.1, 0.15) is 17.3 Å². The van der Waals surface area contributed by atoms with Crippen molar-refractivity contribution in [2.75, 3.05) is 6.54 Å². The van der Waals surface area contributed by atoms with Crippen LogP contribution >= 0.6 is 0 Å². The summed E-state index contributed by atoms with van der Waals surface area (Å²) in [5.74, 6) is -3.34. The van der Waals surface area contributed by atoms with Gasteiger partial charge in [-0.15, -0.1) is 0 Å². The first-order chi connectivity index (χ1) is 8.32. The summed E-state index contributed by atoms with van der Waals surface area (Å²) in [5, 5.41) is 12.8. The molecular formula is C11H10F2N2O3. The van der Waals surface area contributed by atoms with E-state index in [0.717, 1.165) is 0 Å². The fourth-order valence-electron chi connectivity index (χ4n) is 1.18. The molecular weight excluding hydrogens is 246 g/mol. The zero-order valence-electron chi connectivity index (χ0n) is 9.50. The number of nitrogens with one attached hydrogen (secondary N) is 1. The molecule has 0 spiro atoms. The highest BCUT2D eigenvalue weighted by Gasteiger charge is 2.22. The van der Waals surface area contributed by atoms with Crippen molar-refractivity contribution in [2.24, 2.45) is 0 Å². The monoisotopic (exact) mass is 256 g/mol. The zero-order chi connectivity index (χ0) is 13.9. The highest BCUT2D eigenvalue weighted by atomic mass is 19.1. The molecule has 0 saturated heterocycles. The molecule has 1 amide bonds. The maximum absolute atomic E-state index is 13.3. The Labute approximate surface area is 101 Å². The molecule has 0 bridgehead atoms. The van der Waals surface area contributed by atoms with Crippen LogP contribution in [0.5, 0.6) is 0 Å². The number of nitro benzene ring substituents is 1. The fraction of sp³-hybridized carbons (Fsp3) is 0.182. The number of nitrogens with zero attached hydrogens (tertiary/aromatic N) is 1. The van der Waals surface area contributed by atoms with E-state index in [1.165, 1.54) is 0 Å². The normalized spacial score (nSPS) is 9.94. The lowest BCUT2D eigenvalue weighted by Crippen LogP contribution is -2.26. The highest BCUT2D eigenvalue weighted by Crippen LogP contribution is 2.21. The van der Waals surface area contributed by atoms with Crippen LogP contribution in [0.2, 0.25) is 0 Å². The lowest BCUT2D eigenvalue weighted by Gasteiger charge is -2.06. The molecule has 7 heteroatoms. The SMILES string of the molecule is C=C(C)CNC(=O)c1cc([N+](=O)[O-])c(F)cc1F. The molecule has 0 heterocycles. The molecule has 1 N–H and O–H groups in total. The van der Waals surface area contributed by atoms with Crippen molar-refractivity contribution >= 4 is 11.6 Å². The quantitative estimate of drug-likeness (QED) is 0.509. The first kappa shape index (κ1) is 13.8. The summed E-state index contributed by atoms with van der Waals surface area (Å²) in [6, 6.07) is 0.881. The molecule has 1 aromatic carbocycles. The van der Waals surface area contributed by atoms with Gasteiger partial charge in [-0.05, 0) is 6.92 Å². The van der Waals surface area contributed by atoms with Crippen molar-refractivity contribution in [1.82, 2.24) is 5.32 Å². The Morgan fingerprint density at radius 3 is 2.56 bits per heavy atom. The van der Waals surface area contributed by atoms with Crippen molar-refractivity contribution < 1.29 is 18.5 Å². The second-order valence-corrected chi connectivity index (χ2v) is 3.68. The van der Waals surface area contributed by atoms with E-state index in [1.54, 1.807) is 6.92 Å². The fourth-order valence-corrected chi connectivity index (χ4v) is 1.18. The molecule has 0 atom stereocenters. The van der Waals surface area contributed by atoms with Gasteiger partial charge in [-0.2, -0.15) is 4.39 Å². The number of amides is 1. The van der Waals surface area contributed by atoms with Crippen LogP contribution in [0.4, 0.5) is 14.5 Å². The smallest absolute Gasteiger partial charge is 0.305 e. The number of hydrogen-bond donors (Lipinski definition) is 1. The van der Waals surface area contributed by atoms with E-state index < -0.39 is 33.7 Å². The Balaban J connectivity index is 3.08. The van der Waals surface area contributed by atoms with E-state index in [-0.39, 0.29) is 6.54 Å². The van der Waals surface area contributed by atoms with Gasteiger partial charge < -0.3 is 5.32 Å². The predicted octanol–water partition coefficient (Wildman–Crippen LogP) is 2.18. The summed E-state index contributed by atoms with van der Waals surface area (Å²) in [4.78, 5) is 21.0. The summed E-state index contributed by atoms with van der Waals surface area (Å²) in [6.07, 6.45) is 0. The molecule has 5 nitrogen and oxygen atoms in total. The lowest BCUT2D eigenvalue weighted by molar-refractivity contribution is -0.387. The number of rotatable bonds is 4. The molecule has 1 aromatic rings. The number of carbonyl (C=O) groups excluding carboxylic acids is 1. The van der Waals surface area contributed by atoms with Gasteiger partial charge in [0.25, 0.3) is 5.91 Å². The predicted molar refractivity (Wildman–Crippen MR) is 60.2 cm³/mol. The van der Waals surface area contributed by atoms with Gasteiger partial charge in [0.2, 0.25) is 5.82 Å². The van der Waals surface area contributed by atoms with Gasteiger partial charge in [0.15, 0.2) is 0 Å². The molecule has 0 aromatic heterocycles. The summed E-state index contributed by atoms with van der Waals surface area (Å²) in [6.45, 7) is 5.27. The Morgan fingerprint density at radius 2 is 2.06 bits per heavy atom. The second kappa shape index (κ2) is 5.35. The molecule has 96 valence electrons. The minimum atomic E-state index is -1.33. The summed E-state index contributed by atoms with van der Waals surface area (Å²) < 4.78 is 26.4. The summed E-state index contributed by atoms with van der Waals surface area (Å²) in [7, 11) is 0. The van der Waals surface area contributed by atoms with Crippen molar-refractivity contribution in [3.8, 4) is 0 Å². The molecule has 0 aliphatic carbocycles. The van der Waals surface area contributed by atoms with Gasteiger partial charge in [-0.25, -0.2) is 4.39 Å². The molecule has 18 heavy (non-hydrogen) atoms. The molecule has 1 rings (SSSR count). The van der Waals surface area contributed by atoms with Gasteiger partial charge in [0, 0.05) is 18.7 Å². The van der Waals surface area contributed by atoms with Crippen LogP contribution in [-0.2, 0) is 0 Å².